The third-order valence-electron chi connectivity index (χ3n) is 3.38. The summed E-state index contributed by atoms with van der Waals surface area (Å²) in [6, 6.07) is -0.0698. The fourth-order valence-corrected chi connectivity index (χ4v) is 2.35. The third-order valence-corrected chi connectivity index (χ3v) is 3.38. The zero-order chi connectivity index (χ0) is 13.8. The van der Waals surface area contributed by atoms with Crippen molar-refractivity contribution in [1.29, 1.82) is 0 Å². The number of carbonyl (C=O) groups is 1. The zero-order valence-corrected chi connectivity index (χ0v) is 11.6. The van der Waals surface area contributed by atoms with Gasteiger partial charge in [0.15, 0.2) is 5.82 Å². The van der Waals surface area contributed by atoms with Crippen molar-refractivity contribution >= 4 is 5.91 Å². The predicted molar refractivity (Wildman–Crippen MR) is 69.3 cm³/mol. The van der Waals surface area contributed by atoms with Crippen LogP contribution in [0.4, 0.5) is 0 Å². The monoisotopic (exact) mass is 267 g/mol. The minimum atomic E-state index is -0.164. The van der Waals surface area contributed by atoms with Gasteiger partial charge in [-0.15, -0.1) is 10.2 Å². The van der Waals surface area contributed by atoms with Crippen molar-refractivity contribution in [3.8, 4) is 0 Å². The normalized spacial score (nSPS) is 24.4. The highest BCUT2D eigenvalue weighted by atomic mass is 16.5. The lowest BCUT2D eigenvalue weighted by molar-refractivity contribution is -0.126. The van der Waals surface area contributed by atoms with Gasteiger partial charge < -0.3 is 19.9 Å². The number of hydrogen-bond donors (Lipinski definition) is 2. The van der Waals surface area contributed by atoms with Gasteiger partial charge in [0.1, 0.15) is 6.33 Å². The number of ether oxygens (including phenoxy) is 1. The van der Waals surface area contributed by atoms with E-state index in [0.717, 1.165) is 12.4 Å². The van der Waals surface area contributed by atoms with E-state index in [0.29, 0.717) is 13.2 Å². The van der Waals surface area contributed by atoms with Gasteiger partial charge in [-0.05, 0) is 13.5 Å². The first-order valence-electron chi connectivity index (χ1n) is 6.58. The predicted octanol–water partition coefficient (Wildman–Crippen LogP) is -0.383. The van der Waals surface area contributed by atoms with Crippen LogP contribution in [0.15, 0.2) is 6.33 Å². The second kappa shape index (κ2) is 6.12. The quantitative estimate of drug-likeness (QED) is 0.760. The van der Waals surface area contributed by atoms with Gasteiger partial charge in [0.05, 0.1) is 25.2 Å². The van der Waals surface area contributed by atoms with E-state index in [-0.39, 0.29) is 23.9 Å². The number of nitrogens with one attached hydrogen (secondary N) is 2. The SMILES string of the molecule is CCNC1COCC1C(=O)NC(C)c1nncn1C. The summed E-state index contributed by atoms with van der Waals surface area (Å²) in [6.45, 7) is 5.81. The Morgan fingerprint density at radius 2 is 2.42 bits per heavy atom. The molecule has 1 aromatic heterocycles. The van der Waals surface area contributed by atoms with Crippen LogP contribution in [0.25, 0.3) is 0 Å². The van der Waals surface area contributed by atoms with Gasteiger partial charge in [-0.25, -0.2) is 0 Å². The summed E-state index contributed by atoms with van der Waals surface area (Å²) >= 11 is 0. The van der Waals surface area contributed by atoms with E-state index in [1.54, 1.807) is 10.9 Å². The average molecular weight is 267 g/mol. The summed E-state index contributed by atoms with van der Waals surface area (Å²) in [5.74, 6) is 0.599. The number of amides is 1. The molecular formula is C12H21N5O2. The van der Waals surface area contributed by atoms with Crippen molar-refractivity contribution in [1.82, 2.24) is 25.4 Å². The van der Waals surface area contributed by atoms with Crippen LogP contribution in [0.5, 0.6) is 0 Å². The van der Waals surface area contributed by atoms with E-state index in [9.17, 15) is 4.79 Å². The molecule has 7 heteroatoms. The Morgan fingerprint density at radius 1 is 1.63 bits per heavy atom. The molecule has 0 saturated carbocycles. The summed E-state index contributed by atoms with van der Waals surface area (Å²) in [4.78, 5) is 12.3. The summed E-state index contributed by atoms with van der Waals surface area (Å²) < 4.78 is 7.19. The molecule has 0 aliphatic carbocycles. The largest absolute Gasteiger partial charge is 0.379 e. The van der Waals surface area contributed by atoms with E-state index in [4.69, 9.17) is 4.74 Å². The molecule has 1 aromatic rings. The Balaban J connectivity index is 1.95. The molecule has 0 radical (unpaired) electrons. The van der Waals surface area contributed by atoms with E-state index in [1.165, 1.54) is 0 Å². The molecule has 2 heterocycles. The molecule has 7 nitrogen and oxygen atoms in total. The maximum absolute atomic E-state index is 12.3. The maximum Gasteiger partial charge on any atom is 0.227 e. The first-order valence-corrected chi connectivity index (χ1v) is 6.58. The Labute approximate surface area is 112 Å². The number of aryl methyl sites for hydroxylation is 1. The molecule has 1 amide bonds. The second-order valence-corrected chi connectivity index (χ2v) is 4.84. The van der Waals surface area contributed by atoms with Crippen molar-refractivity contribution in [2.45, 2.75) is 25.9 Å². The lowest BCUT2D eigenvalue weighted by Gasteiger charge is -2.20. The van der Waals surface area contributed by atoms with Crippen molar-refractivity contribution < 1.29 is 9.53 Å². The number of rotatable bonds is 5. The van der Waals surface area contributed by atoms with Crippen molar-refractivity contribution in [2.75, 3.05) is 19.8 Å². The van der Waals surface area contributed by atoms with E-state index < -0.39 is 0 Å². The summed E-state index contributed by atoms with van der Waals surface area (Å²) in [5, 5.41) is 14.1. The topological polar surface area (TPSA) is 81.1 Å². The number of likely N-dealkylation sites (N-methyl/N-ethyl adjacent to an activating group) is 1. The van der Waals surface area contributed by atoms with Crippen LogP contribution in [0.2, 0.25) is 0 Å². The first-order chi connectivity index (χ1) is 9.13. The third kappa shape index (κ3) is 3.10. The van der Waals surface area contributed by atoms with Crippen molar-refractivity contribution in [3.63, 3.8) is 0 Å². The molecule has 3 unspecified atom stereocenters. The zero-order valence-electron chi connectivity index (χ0n) is 11.6. The molecule has 19 heavy (non-hydrogen) atoms. The minimum Gasteiger partial charge on any atom is -0.379 e. The molecule has 0 bridgehead atoms. The Kier molecular flexibility index (Phi) is 4.49. The van der Waals surface area contributed by atoms with Gasteiger partial charge in [-0.2, -0.15) is 0 Å². The fourth-order valence-electron chi connectivity index (χ4n) is 2.35. The van der Waals surface area contributed by atoms with Gasteiger partial charge in [-0.3, -0.25) is 4.79 Å². The lowest BCUT2D eigenvalue weighted by Crippen LogP contribution is -2.44. The highest BCUT2D eigenvalue weighted by molar-refractivity contribution is 5.80. The summed E-state index contributed by atoms with van der Waals surface area (Å²) in [6.07, 6.45) is 1.62. The number of hydrogen-bond acceptors (Lipinski definition) is 5. The average Bonchev–Trinajstić information content (AvgIpc) is 2.98. The standard InChI is InChI=1S/C12H21N5O2/c1-4-13-10-6-19-5-9(10)12(18)15-8(2)11-16-14-7-17(11)3/h7-10,13H,4-6H2,1-3H3,(H,15,18). The van der Waals surface area contributed by atoms with Crippen LogP contribution in [0.3, 0.4) is 0 Å². The van der Waals surface area contributed by atoms with Crippen LogP contribution in [-0.4, -0.2) is 46.5 Å². The van der Waals surface area contributed by atoms with Crippen LogP contribution >= 0.6 is 0 Å². The summed E-state index contributed by atoms with van der Waals surface area (Å²) in [7, 11) is 1.86. The van der Waals surface area contributed by atoms with Gasteiger partial charge >= 0.3 is 0 Å². The van der Waals surface area contributed by atoms with Crippen molar-refractivity contribution in [3.05, 3.63) is 12.2 Å². The van der Waals surface area contributed by atoms with Crippen LogP contribution in [0, 0.1) is 5.92 Å². The maximum atomic E-state index is 12.3. The molecular weight excluding hydrogens is 246 g/mol. The molecule has 0 spiro atoms. The molecule has 106 valence electrons. The first kappa shape index (κ1) is 14.0. The highest BCUT2D eigenvalue weighted by Crippen LogP contribution is 2.16. The Morgan fingerprint density at radius 3 is 3.05 bits per heavy atom. The second-order valence-electron chi connectivity index (χ2n) is 4.84. The molecule has 1 saturated heterocycles. The fraction of sp³-hybridized carbons (Fsp3) is 0.750. The Bertz CT molecular complexity index is 434. The van der Waals surface area contributed by atoms with Crippen LogP contribution in [0.1, 0.15) is 25.7 Å². The molecule has 0 aromatic carbocycles. The molecule has 1 fully saturated rings. The highest BCUT2D eigenvalue weighted by Gasteiger charge is 2.34. The van der Waals surface area contributed by atoms with Crippen molar-refractivity contribution in [2.24, 2.45) is 13.0 Å². The van der Waals surface area contributed by atoms with Gasteiger partial charge in [0.25, 0.3) is 0 Å². The van der Waals surface area contributed by atoms with Crippen LogP contribution < -0.4 is 10.6 Å². The van der Waals surface area contributed by atoms with Gasteiger partial charge in [0.2, 0.25) is 5.91 Å². The summed E-state index contributed by atoms with van der Waals surface area (Å²) in [5.41, 5.74) is 0. The van der Waals surface area contributed by atoms with Gasteiger partial charge in [-0.1, -0.05) is 6.92 Å². The smallest absolute Gasteiger partial charge is 0.227 e. The van der Waals surface area contributed by atoms with E-state index >= 15 is 0 Å². The number of carbonyl (C=O) groups excluding carboxylic acids is 1. The Hall–Kier alpha value is -1.47. The van der Waals surface area contributed by atoms with E-state index in [2.05, 4.69) is 20.8 Å². The van der Waals surface area contributed by atoms with Crippen LogP contribution in [-0.2, 0) is 16.6 Å². The minimum absolute atomic E-state index is 0.000972. The molecule has 1 aliphatic heterocycles. The molecule has 2 N–H and O–H groups in total. The molecule has 2 rings (SSSR count). The molecule has 1 aliphatic rings. The lowest BCUT2D eigenvalue weighted by atomic mass is 10.0. The van der Waals surface area contributed by atoms with E-state index in [1.807, 2.05) is 20.9 Å². The van der Waals surface area contributed by atoms with Gasteiger partial charge in [0, 0.05) is 13.1 Å². The molecule has 3 atom stereocenters. The number of nitrogens with zero attached hydrogens (tertiary/aromatic N) is 3. The number of aromatic nitrogens is 3.